The van der Waals surface area contributed by atoms with E-state index in [2.05, 4.69) is 20.8 Å². The maximum Gasteiger partial charge on any atom is 0.349 e. The molecule has 0 bridgehead atoms. The first-order valence-corrected chi connectivity index (χ1v) is 11.2. The number of rotatable bonds is 5. The Morgan fingerprint density at radius 2 is 1.30 bits per heavy atom. The van der Waals surface area contributed by atoms with Gasteiger partial charge in [-0.3, -0.25) is 4.57 Å². The van der Waals surface area contributed by atoms with Crippen molar-refractivity contribution in [3.05, 3.63) is 60.7 Å². The standard InChI is InChI=1S/C17H23O4PSi/c1-17(2,3)23(21-14-22(18,19)20,15-10-6-4-7-11-15)16-12-8-5-9-13-16/h4-13H,14H2,1-3H3,(H2,18,19,20). The number of benzene rings is 2. The van der Waals surface area contributed by atoms with E-state index in [1.165, 1.54) is 0 Å². The molecule has 0 atom stereocenters. The van der Waals surface area contributed by atoms with Gasteiger partial charge in [0.2, 0.25) is 0 Å². The zero-order valence-corrected chi connectivity index (χ0v) is 15.5. The van der Waals surface area contributed by atoms with Gasteiger partial charge in [0.15, 0.2) is 0 Å². The molecule has 0 aromatic heterocycles. The molecule has 2 rings (SSSR count). The first-order chi connectivity index (χ1) is 10.7. The first-order valence-electron chi connectivity index (χ1n) is 7.46. The summed E-state index contributed by atoms with van der Waals surface area (Å²) < 4.78 is 17.6. The van der Waals surface area contributed by atoms with E-state index in [9.17, 15) is 14.4 Å². The van der Waals surface area contributed by atoms with Crippen LogP contribution in [0.4, 0.5) is 0 Å². The zero-order chi connectivity index (χ0) is 17.1. The summed E-state index contributed by atoms with van der Waals surface area (Å²) in [5.74, 6) is 0. The van der Waals surface area contributed by atoms with Crippen molar-refractivity contribution in [2.24, 2.45) is 0 Å². The van der Waals surface area contributed by atoms with Gasteiger partial charge in [0.1, 0.15) is 6.35 Å². The summed E-state index contributed by atoms with van der Waals surface area (Å²) in [5.41, 5.74) is 0. The first kappa shape index (κ1) is 18.1. The topological polar surface area (TPSA) is 66.8 Å². The second-order valence-corrected chi connectivity index (χ2v) is 12.5. The molecule has 0 aliphatic carbocycles. The lowest BCUT2D eigenvalue weighted by Gasteiger charge is -2.42. The molecule has 0 aliphatic heterocycles. The monoisotopic (exact) mass is 350 g/mol. The molecule has 0 amide bonds. The van der Waals surface area contributed by atoms with E-state index in [0.29, 0.717) is 0 Å². The van der Waals surface area contributed by atoms with Gasteiger partial charge < -0.3 is 14.2 Å². The fraction of sp³-hybridized carbons (Fsp3) is 0.294. The van der Waals surface area contributed by atoms with Crippen molar-refractivity contribution < 1.29 is 18.8 Å². The quantitative estimate of drug-likeness (QED) is 0.643. The molecule has 0 spiro atoms. The van der Waals surface area contributed by atoms with Crippen LogP contribution in [-0.4, -0.2) is 24.5 Å². The van der Waals surface area contributed by atoms with Crippen LogP contribution in [0, 0.1) is 0 Å². The Hall–Kier alpha value is -1.23. The van der Waals surface area contributed by atoms with Gasteiger partial charge in [-0.25, -0.2) is 0 Å². The number of hydrogen-bond acceptors (Lipinski definition) is 2. The SMILES string of the molecule is CC(C)(C)[Si](OCP(=O)(O)O)(c1ccccc1)c1ccccc1. The smallest absolute Gasteiger partial charge is 0.349 e. The highest BCUT2D eigenvalue weighted by molar-refractivity contribution is 7.51. The van der Waals surface area contributed by atoms with Crippen LogP contribution in [-0.2, 0) is 8.99 Å². The van der Waals surface area contributed by atoms with Gasteiger partial charge in [-0.2, -0.15) is 0 Å². The molecule has 0 heterocycles. The fourth-order valence-electron chi connectivity index (χ4n) is 2.94. The summed E-state index contributed by atoms with van der Waals surface area (Å²) in [6, 6.07) is 19.6. The van der Waals surface area contributed by atoms with E-state index in [-0.39, 0.29) is 5.04 Å². The lowest BCUT2D eigenvalue weighted by Crippen LogP contribution is -2.66. The van der Waals surface area contributed by atoms with Gasteiger partial charge in [-0.05, 0) is 15.4 Å². The Balaban J connectivity index is 2.67. The zero-order valence-electron chi connectivity index (χ0n) is 13.6. The van der Waals surface area contributed by atoms with Crippen LogP contribution >= 0.6 is 7.60 Å². The summed E-state index contributed by atoms with van der Waals surface area (Å²) in [4.78, 5) is 18.7. The van der Waals surface area contributed by atoms with Crippen LogP contribution in [0.5, 0.6) is 0 Å². The lowest BCUT2D eigenvalue weighted by atomic mass is 10.2. The summed E-state index contributed by atoms with van der Waals surface area (Å²) >= 11 is 0. The average Bonchev–Trinajstić information content (AvgIpc) is 2.47. The van der Waals surface area contributed by atoms with Gasteiger partial charge in [-0.15, -0.1) is 0 Å². The third kappa shape index (κ3) is 4.00. The predicted molar refractivity (Wildman–Crippen MR) is 95.6 cm³/mol. The van der Waals surface area contributed by atoms with E-state index in [1.807, 2.05) is 60.7 Å². The maximum atomic E-state index is 11.5. The molecule has 124 valence electrons. The summed E-state index contributed by atoms with van der Waals surface area (Å²) in [5, 5.41) is 1.73. The van der Waals surface area contributed by atoms with E-state index in [0.717, 1.165) is 10.4 Å². The van der Waals surface area contributed by atoms with Crippen LogP contribution in [0.15, 0.2) is 60.7 Å². The molecule has 0 radical (unpaired) electrons. The van der Waals surface area contributed by atoms with Crippen molar-refractivity contribution in [3.8, 4) is 0 Å². The molecule has 2 aromatic carbocycles. The second kappa shape index (κ2) is 6.71. The number of hydrogen-bond donors (Lipinski definition) is 2. The molecule has 0 saturated carbocycles. The second-order valence-electron chi connectivity index (χ2n) is 6.60. The molecular formula is C17H23O4PSi. The van der Waals surface area contributed by atoms with Gasteiger partial charge in [-0.1, -0.05) is 81.4 Å². The summed E-state index contributed by atoms with van der Waals surface area (Å²) in [7, 11) is -7.11. The summed E-state index contributed by atoms with van der Waals surface area (Å²) in [6.45, 7) is 6.21. The van der Waals surface area contributed by atoms with Crippen molar-refractivity contribution in [1.82, 2.24) is 0 Å². The summed E-state index contributed by atoms with van der Waals surface area (Å²) in [6.07, 6.45) is -0.569. The Labute approximate surface area is 138 Å². The van der Waals surface area contributed by atoms with E-state index in [4.69, 9.17) is 4.43 Å². The van der Waals surface area contributed by atoms with Gasteiger partial charge in [0.25, 0.3) is 8.32 Å². The van der Waals surface area contributed by atoms with Gasteiger partial charge in [0, 0.05) is 0 Å². The van der Waals surface area contributed by atoms with Crippen LogP contribution in [0.25, 0.3) is 0 Å². The van der Waals surface area contributed by atoms with Crippen molar-refractivity contribution in [2.45, 2.75) is 25.8 Å². The normalized spacial score (nSPS) is 13.1. The molecule has 4 nitrogen and oxygen atoms in total. The highest BCUT2D eigenvalue weighted by Gasteiger charge is 2.50. The minimum absolute atomic E-state index is 0.287. The Morgan fingerprint density at radius 3 is 1.61 bits per heavy atom. The molecule has 0 aliphatic rings. The van der Waals surface area contributed by atoms with Crippen molar-refractivity contribution in [1.29, 1.82) is 0 Å². The molecule has 2 aromatic rings. The molecule has 0 fully saturated rings. The van der Waals surface area contributed by atoms with Gasteiger partial charge >= 0.3 is 7.60 Å². The maximum absolute atomic E-state index is 11.5. The Kier molecular flexibility index (Phi) is 5.29. The van der Waals surface area contributed by atoms with Crippen molar-refractivity contribution >= 4 is 26.3 Å². The predicted octanol–water partition coefficient (Wildman–Crippen LogP) is 2.70. The third-order valence-corrected chi connectivity index (χ3v) is 9.56. The van der Waals surface area contributed by atoms with Gasteiger partial charge in [0.05, 0.1) is 0 Å². The molecule has 23 heavy (non-hydrogen) atoms. The van der Waals surface area contributed by atoms with E-state index in [1.54, 1.807) is 0 Å². The molecular weight excluding hydrogens is 327 g/mol. The average molecular weight is 350 g/mol. The van der Waals surface area contributed by atoms with Crippen molar-refractivity contribution in [3.63, 3.8) is 0 Å². The van der Waals surface area contributed by atoms with E-state index < -0.39 is 22.3 Å². The molecule has 2 N–H and O–H groups in total. The van der Waals surface area contributed by atoms with Crippen LogP contribution in [0.3, 0.4) is 0 Å². The Bertz CT molecular complexity index is 637. The highest BCUT2D eigenvalue weighted by atomic mass is 31.2. The van der Waals surface area contributed by atoms with Crippen LogP contribution in [0.1, 0.15) is 20.8 Å². The van der Waals surface area contributed by atoms with E-state index >= 15 is 0 Å². The lowest BCUT2D eigenvalue weighted by molar-refractivity contribution is 0.290. The largest absolute Gasteiger partial charge is 0.395 e. The Morgan fingerprint density at radius 1 is 0.913 bits per heavy atom. The van der Waals surface area contributed by atoms with Crippen LogP contribution in [0.2, 0.25) is 5.04 Å². The van der Waals surface area contributed by atoms with Crippen LogP contribution < -0.4 is 10.4 Å². The third-order valence-electron chi connectivity index (χ3n) is 3.87. The highest BCUT2D eigenvalue weighted by Crippen LogP contribution is 2.41. The minimum atomic E-state index is -4.26. The molecule has 6 heteroatoms. The van der Waals surface area contributed by atoms with Crippen molar-refractivity contribution in [2.75, 3.05) is 6.35 Å². The fourth-order valence-corrected chi connectivity index (χ4v) is 8.55. The minimum Gasteiger partial charge on any atom is -0.395 e. The molecule has 0 unspecified atom stereocenters. The molecule has 0 saturated heterocycles.